The Morgan fingerprint density at radius 3 is 0.655 bits per heavy atom. The van der Waals surface area contributed by atoms with E-state index in [0.717, 1.165) is 45.6 Å². The molecule has 1 atom stereocenters. The minimum Gasteiger partial charge on any atom is -0.343 e. The van der Waals surface area contributed by atoms with Gasteiger partial charge in [-0.2, -0.15) is 0 Å². The van der Waals surface area contributed by atoms with Crippen LogP contribution in [0.25, 0.3) is 0 Å². The van der Waals surface area contributed by atoms with Crippen LogP contribution in [0.1, 0.15) is 57.2 Å². The summed E-state index contributed by atoms with van der Waals surface area (Å²) in [6.07, 6.45) is 2.47. The Labute approximate surface area is 912 Å². The summed E-state index contributed by atoms with van der Waals surface area (Å²) in [7, 11) is 144. The molecule has 87 heteroatoms. The Morgan fingerprint density at radius 2 is 0.483 bits per heavy atom. The molecule has 2 heterocycles. The summed E-state index contributed by atoms with van der Waals surface area (Å²) in [5.41, 5.74) is 2.60. The number of carbonyl (C=O) groups is 2. The molecule has 0 N–H and O–H groups in total. The lowest BCUT2D eigenvalue weighted by molar-refractivity contribution is -0.139. The Balaban J connectivity index is 0.000000836. The number of hydrogen-bond donors (Lipinski definition) is 0. The topological polar surface area (TPSA) is 43.9 Å². The molecule has 2 amide bonds. The van der Waals surface area contributed by atoms with Gasteiger partial charge in [0, 0.05) is 785 Å². The number of benzene rings is 2. The number of piperazine rings is 1. The quantitative estimate of drug-likeness (QED) is 0.430. The van der Waals surface area contributed by atoms with Gasteiger partial charge in [0.05, 0.1) is 6.04 Å². The summed E-state index contributed by atoms with van der Waals surface area (Å²) < 4.78 is 0. The fourth-order valence-electron chi connectivity index (χ4n) is 6.53. The molecule has 5 nitrogen and oxygen atoms in total. The first-order valence-electron chi connectivity index (χ1n) is 26.3. The molecule has 0 aromatic heterocycles. The predicted octanol–water partition coefficient (Wildman–Crippen LogP) is 4.40. The number of piperidine rings is 1. The number of hydrogen-bond acceptors (Lipinski definition) is 5. The Morgan fingerprint density at radius 1 is 0.293 bits per heavy atom. The summed E-state index contributed by atoms with van der Waals surface area (Å²) in [5, 5.41) is 0. The molecular formula is C29H39N3O2S82. The lowest BCUT2D eigenvalue weighted by atomic mass is 9.90. The van der Waals surface area contributed by atoms with Crippen molar-refractivity contribution in [3.05, 3.63) is 71.8 Å². The Kier molecular flexibility index (Phi) is 110. The van der Waals surface area contributed by atoms with Gasteiger partial charge in [0.15, 0.2) is 0 Å². The smallest absolute Gasteiger partial charge is 0.223 e. The van der Waals surface area contributed by atoms with Gasteiger partial charge in [-0.25, -0.2) is 0 Å². The van der Waals surface area contributed by atoms with Crippen LogP contribution in [-0.2, 0) is 742 Å². The monoisotopic (exact) mass is 3080 g/mol. The predicted molar refractivity (Wildman–Crippen MR) is 740 cm³/mol. The lowest BCUT2D eigenvalue weighted by Crippen LogP contribution is -2.58. The average molecular weight is 3090 g/mol. The van der Waals surface area contributed by atoms with Crippen LogP contribution in [0.5, 0.6) is 0 Å². The number of nitrogens with zero attached hydrogens (tertiary/aromatic N) is 3. The first kappa shape index (κ1) is 126. The molecule has 2 aromatic rings. The first-order valence-corrected chi connectivity index (χ1v) is 134. The molecule has 0 aliphatic carbocycles. The van der Waals surface area contributed by atoms with Crippen LogP contribution < -0.4 is 0 Å². The van der Waals surface area contributed by atoms with Crippen LogP contribution in [0.4, 0.5) is 0 Å². The second kappa shape index (κ2) is 102. The largest absolute Gasteiger partial charge is 0.343 e. The summed E-state index contributed by atoms with van der Waals surface area (Å²) >= 11 is 9.65. The maximum absolute atomic E-state index is 13.4. The van der Waals surface area contributed by atoms with Gasteiger partial charge in [-0.05, 0) is 35.8 Å². The molecule has 2 aromatic carbocycles. The molecular weight excluding hydrogens is 3050 g/mol. The van der Waals surface area contributed by atoms with Gasteiger partial charge < -0.3 is 9.80 Å². The zero-order valence-corrected chi connectivity index (χ0v) is 121. The zero-order valence-electron chi connectivity index (χ0n) is 54.4. The molecule has 2 aliphatic rings. The molecule has 0 unspecified atom stereocenters. The van der Waals surface area contributed by atoms with Gasteiger partial charge >= 0.3 is 0 Å². The van der Waals surface area contributed by atoms with E-state index in [-0.39, 0.29) is 23.9 Å². The molecule has 2 aliphatic heterocycles. The minimum absolute atomic E-state index is 0.146. The molecule has 0 spiro atoms. The fourth-order valence-corrected chi connectivity index (χ4v) is 221. The molecule has 2 fully saturated rings. The average Bonchev–Trinajstić information content (AvgIpc) is 0.789. The van der Waals surface area contributed by atoms with Crippen LogP contribution >= 0.6 is 0 Å². The summed E-state index contributed by atoms with van der Waals surface area (Å²) in [4.78, 5) is 31.7. The number of carbonyl (C=O) groups excluding carboxylic acids is 2. The molecule has 2 saturated heterocycles. The molecule has 0 bridgehead atoms. The van der Waals surface area contributed by atoms with Gasteiger partial charge in [0.2, 0.25) is 11.8 Å². The zero-order chi connectivity index (χ0) is 82.6. The minimum atomic E-state index is 0.146. The van der Waals surface area contributed by atoms with Gasteiger partial charge in [0.1, 0.15) is 0 Å². The van der Waals surface area contributed by atoms with E-state index < -0.39 is 0 Å². The van der Waals surface area contributed by atoms with E-state index in [4.69, 9.17) is 22.4 Å². The second-order valence-electron chi connectivity index (χ2n) is 15.7. The highest BCUT2D eigenvalue weighted by Crippen LogP contribution is 2.33. The number of rotatable bonds is 6. The molecule has 116 heavy (non-hydrogen) atoms. The van der Waals surface area contributed by atoms with Crippen molar-refractivity contribution in [2.75, 3.05) is 32.7 Å². The third-order valence-corrected chi connectivity index (χ3v) is 185. The Hall–Kier alpha value is 15.4. The van der Waals surface area contributed by atoms with E-state index in [1.165, 1.54) is 28.9 Å². The van der Waals surface area contributed by atoms with Gasteiger partial charge in [-0.15, -0.1) is 0 Å². The first-order chi connectivity index (χ1) is 57.3. The van der Waals surface area contributed by atoms with E-state index >= 15 is 0 Å². The van der Waals surface area contributed by atoms with Crippen molar-refractivity contribution >= 4 is 745 Å². The summed E-state index contributed by atoms with van der Waals surface area (Å²) in [6, 6.07) is 21.8. The van der Waals surface area contributed by atoms with Crippen LogP contribution in [0.2, 0.25) is 0 Å². The van der Waals surface area contributed by atoms with Crippen LogP contribution in [0.3, 0.4) is 0 Å². The maximum atomic E-state index is 13.4. The van der Waals surface area contributed by atoms with Crippen molar-refractivity contribution in [1.82, 2.24) is 14.7 Å². The molecule has 4 rings (SSSR count). The van der Waals surface area contributed by atoms with Crippen molar-refractivity contribution < 1.29 is 9.59 Å². The van der Waals surface area contributed by atoms with Crippen molar-refractivity contribution in [1.29, 1.82) is 0 Å². The molecule has 0 saturated carbocycles. The highest BCUT2D eigenvalue weighted by atomic mass is 33.6. The highest BCUT2D eigenvalue weighted by molar-refractivity contribution is 8.85. The maximum Gasteiger partial charge on any atom is 0.223 e. The van der Waals surface area contributed by atoms with Crippen LogP contribution in [-0.4, -0.2) is 65.3 Å². The van der Waals surface area contributed by atoms with Crippen LogP contribution in [0, 0.1) is 11.8 Å². The van der Waals surface area contributed by atoms with Gasteiger partial charge in [-0.1, -0.05) is 74.5 Å². The second-order valence-corrected chi connectivity index (χ2v) is 157. The van der Waals surface area contributed by atoms with Crippen molar-refractivity contribution in [3.63, 3.8) is 0 Å². The van der Waals surface area contributed by atoms with E-state index in [9.17, 15) is 9.59 Å². The lowest BCUT2D eigenvalue weighted by Gasteiger charge is -2.47. The van der Waals surface area contributed by atoms with Gasteiger partial charge in [-0.3, -0.25) is 14.5 Å². The third-order valence-electron chi connectivity index (χ3n) is 9.85. The SMILES string of the molecule is CC(=O)N1CCC(CC(=O)N2CCN(C(c3ccccc3)c3ccccc3)C[C@@H]2C(C)C)CC1.S=S=S=S=S=S=S=S=S=S=S=S=S=S=S=S=S=S=S=S=S=S=S=S=S=S=S=S=S=S=S=S=S=S=S=S=S=S=S=S=S=S=S=S=S=S=S=S=S=S=S=S=S=S=S=S=S=S=S=S=S=S=S=S=S=S=S=S=S=S=S=S=S=S=S=S=S=S=S=S=S=S. The van der Waals surface area contributed by atoms with Crippen molar-refractivity contribution in [2.45, 2.75) is 52.1 Å². The fraction of sp³-hybridized carbons (Fsp3) is 0.517. The molecule has 0 radical (unpaired) electrons. The number of amides is 2. The van der Waals surface area contributed by atoms with E-state index in [1.54, 1.807) is 113 Å². The van der Waals surface area contributed by atoms with E-state index in [0.29, 0.717) is 18.3 Å². The normalized spacial score (nSPS) is 11.5. The third kappa shape index (κ3) is 81.9. The van der Waals surface area contributed by atoms with Gasteiger partial charge in [0.25, 0.3) is 0 Å². The van der Waals surface area contributed by atoms with Crippen LogP contribution in [0.15, 0.2) is 60.7 Å². The van der Waals surface area contributed by atoms with Crippen molar-refractivity contribution in [2.24, 2.45) is 11.8 Å². The van der Waals surface area contributed by atoms with Crippen molar-refractivity contribution in [3.8, 4) is 0 Å². The number of likely N-dealkylation sites (tertiary alicyclic amines) is 1. The summed E-state index contributed by atoms with van der Waals surface area (Å²) in [5.74, 6) is 1.21. The molecule has 674 valence electrons. The standard InChI is InChI=1S/C29H39N3O2.S82/c1-22(2)27-21-31(29(25-10-6-4-7-11-25)26-12-8-5-9-13-26)18-19-32(27)28(34)20-24-14-16-30(17-15-24)23(3)33;1-3-5-7-9-11-13-15-17-19-21-23-25-27-29-31-33-35-37-39-41-43-45-47-49-51-53-55-57-59-61-63-65-67-69-71-73-75-77-79-81-82-80-78-76-74-72-70-68-66-64-62-60-58-56-54-52-50-48-46-44-42-40-38-36-34-32-30-28-26-24-22-20-18-16-14-12-10-8-6-4-2/h4-13,22,24,27,29H,14-21H2,1-3H3;/t27-;/m1./s1. The summed E-state index contributed by atoms with van der Waals surface area (Å²) in [6.45, 7) is 10.2. The van der Waals surface area contributed by atoms with E-state index in [2.05, 4.69) is 84.3 Å². The van der Waals surface area contributed by atoms with E-state index in [1.807, 2.05) is 591 Å². The Bertz CT molecular complexity index is 7510. The highest BCUT2D eigenvalue weighted by Gasteiger charge is 2.37.